The van der Waals surface area contributed by atoms with Crippen molar-refractivity contribution in [1.82, 2.24) is 10.3 Å². The van der Waals surface area contributed by atoms with Crippen molar-refractivity contribution in [2.24, 2.45) is 0 Å². The Labute approximate surface area is 104 Å². The first-order valence-electron chi connectivity index (χ1n) is 6.66. The molecule has 17 heavy (non-hydrogen) atoms. The molecule has 0 amide bonds. The van der Waals surface area contributed by atoms with Crippen LogP contribution in [0.1, 0.15) is 38.7 Å². The van der Waals surface area contributed by atoms with Crippen LogP contribution in [0.5, 0.6) is 5.88 Å². The largest absolute Gasteiger partial charge is 0.474 e. The Kier molecular flexibility index (Phi) is 4.37. The van der Waals surface area contributed by atoms with Crippen molar-refractivity contribution in [2.75, 3.05) is 6.54 Å². The number of hydrogen-bond acceptors (Lipinski definition) is 3. The Bertz CT molecular complexity index is 331. The number of nitrogens with one attached hydrogen (secondary N) is 1. The van der Waals surface area contributed by atoms with E-state index in [-0.39, 0.29) is 0 Å². The van der Waals surface area contributed by atoms with E-state index in [0.717, 1.165) is 38.1 Å². The Balaban J connectivity index is 1.76. The van der Waals surface area contributed by atoms with Crippen LogP contribution in [0.3, 0.4) is 0 Å². The van der Waals surface area contributed by atoms with E-state index in [1.165, 1.54) is 5.56 Å². The van der Waals surface area contributed by atoms with Gasteiger partial charge in [-0.05, 0) is 31.4 Å². The van der Waals surface area contributed by atoms with E-state index in [1.54, 1.807) is 0 Å². The topological polar surface area (TPSA) is 34.1 Å². The standard InChI is InChI=1S/C14H22N2O/c1-3-5-11-6-7-14(16-10-11)17-13-8-12(9-13)15-4-2/h6-7,10,12-13,15H,3-5,8-9H2,1-2H3/t12-,13-. The van der Waals surface area contributed by atoms with Gasteiger partial charge in [-0.2, -0.15) is 0 Å². The summed E-state index contributed by atoms with van der Waals surface area (Å²) in [4.78, 5) is 4.35. The molecule has 1 aliphatic carbocycles. The predicted molar refractivity (Wildman–Crippen MR) is 69.3 cm³/mol. The van der Waals surface area contributed by atoms with E-state index < -0.39 is 0 Å². The Morgan fingerprint density at radius 3 is 2.76 bits per heavy atom. The molecule has 1 saturated carbocycles. The maximum absolute atomic E-state index is 5.81. The molecule has 1 N–H and O–H groups in total. The highest BCUT2D eigenvalue weighted by Crippen LogP contribution is 2.24. The van der Waals surface area contributed by atoms with E-state index >= 15 is 0 Å². The van der Waals surface area contributed by atoms with E-state index in [1.807, 2.05) is 12.3 Å². The molecule has 1 aromatic rings. The molecule has 3 nitrogen and oxygen atoms in total. The van der Waals surface area contributed by atoms with Crippen LogP contribution in [-0.4, -0.2) is 23.7 Å². The summed E-state index contributed by atoms with van der Waals surface area (Å²) >= 11 is 0. The molecule has 0 aromatic carbocycles. The second-order valence-electron chi connectivity index (χ2n) is 4.72. The minimum absolute atomic E-state index is 0.351. The van der Waals surface area contributed by atoms with Gasteiger partial charge in [0.2, 0.25) is 5.88 Å². The van der Waals surface area contributed by atoms with Crippen molar-refractivity contribution in [3.05, 3.63) is 23.9 Å². The Morgan fingerprint density at radius 1 is 1.35 bits per heavy atom. The summed E-state index contributed by atoms with van der Waals surface area (Å²) < 4.78 is 5.81. The third-order valence-corrected chi connectivity index (χ3v) is 3.21. The SMILES string of the molecule is CCCc1ccc(O[C@H]2C[C@H](NCC)C2)nc1. The average molecular weight is 234 g/mol. The van der Waals surface area contributed by atoms with Crippen molar-refractivity contribution in [3.63, 3.8) is 0 Å². The summed E-state index contributed by atoms with van der Waals surface area (Å²) in [5.74, 6) is 0.768. The van der Waals surface area contributed by atoms with Gasteiger partial charge in [-0.3, -0.25) is 0 Å². The highest BCUT2D eigenvalue weighted by molar-refractivity contribution is 5.18. The van der Waals surface area contributed by atoms with Crippen LogP contribution in [0.2, 0.25) is 0 Å². The zero-order valence-electron chi connectivity index (χ0n) is 10.8. The van der Waals surface area contributed by atoms with Gasteiger partial charge in [0.05, 0.1) is 0 Å². The molecular weight excluding hydrogens is 212 g/mol. The monoisotopic (exact) mass is 234 g/mol. The van der Waals surface area contributed by atoms with E-state index in [4.69, 9.17) is 4.74 Å². The fourth-order valence-electron chi connectivity index (χ4n) is 2.21. The fourth-order valence-corrected chi connectivity index (χ4v) is 2.21. The van der Waals surface area contributed by atoms with Crippen LogP contribution in [0.25, 0.3) is 0 Å². The lowest BCUT2D eigenvalue weighted by Crippen LogP contribution is -2.46. The number of aromatic nitrogens is 1. The zero-order valence-corrected chi connectivity index (χ0v) is 10.8. The molecule has 0 bridgehead atoms. The lowest BCUT2D eigenvalue weighted by atomic mass is 9.89. The van der Waals surface area contributed by atoms with Crippen LogP contribution < -0.4 is 10.1 Å². The smallest absolute Gasteiger partial charge is 0.213 e. The molecule has 0 atom stereocenters. The molecule has 0 radical (unpaired) electrons. The highest BCUT2D eigenvalue weighted by Gasteiger charge is 2.30. The van der Waals surface area contributed by atoms with Crippen molar-refractivity contribution in [2.45, 2.75) is 51.7 Å². The summed E-state index contributed by atoms with van der Waals surface area (Å²) in [6.07, 6.45) is 6.75. The van der Waals surface area contributed by atoms with Crippen LogP contribution in [0.15, 0.2) is 18.3 Å². The van der Waals surface area contributed by atoms with Gasteiger partial charge >= 0.3 is 0 Å². The van der Waals surface area contributed by atoms with Gasteiger partial charge in [-0.1, -0.05) is 26.3 Å². The summed E-state index contributed by atoms with van der Waals surface area (Å²) in [5.41, 5.74) is 1.29. The molecule has 0 spiro atoms. The molecule has 0 saturated heterocycles. The highest BCUT2D eigenvalue weighted by atomic mass is 16.5. The predicted octanol–water partition coefficient (Wildman–Crippen LogP) is 2.55. The third-order valence-electron chi connectivity index (χ3n) is 3.21. The van der Waals surface area contributed by atoms with Crippen LogP contribution in [-0.2, 0) is 6.42 Å². The number of hydrogen-bond donors (Lipinski definition) is 1. The first kappa shape index (κ1) is 12.4. The first-order valence-corrected chi connectivity index (χ1v) is 6.66. The van der Waals surface area contributed by atoms with Gasteiger partial charge in [-0.25, -0.2) is 4.98 Å². The molecular formula is C14H22N2O. The molecule has 0 aliphatic heterocycles. The number of ether oxygens (including phenoxy) is 1. The fraction of sp³-hybridized carbons (Fsp3) is 0.643. The van der Waals surface area contributed by atoms with Crippen LogP contribution >= 0.6 is 0 Å². The Hall–Kier alpha value is -1.09. The quantitative estimate of drug-likeness (QED) is 0.821. The van der Waals surface area contributed by atoms with E-state index in [9.17, 15) is 0 Å². The summed E-state index contributed by atoms with van der Waals surface area (Å²) in [5, 5.41) is 3.42. The lowest BCUT2D eigenvalue weighted by molar-refractivity contribution is 0.0814. The lowest BCUT2D eigenvalue weighted by Gasteiger charge is -2.35. The molecule has 3 heteroatoms. The van der Waals surface area contributed by atoms with Crippen LogP contribution in [0.4, 0.5) is 0 Å². The molecule has 1 aliphatic rings. The second-order valence-corrected chi connectivity index (χ2v) is 4.72. The van der Waals surface area contributed by atoms with Crippen molar-refractivity contribution >= 4 is 0 Å². The maximum atomic E-state index is 5.81. The van der Waals surface area contributed by atoms with Gasteiger partial charge in [0, 0.05) is 18.3 Å². The van der Waals surface area contributed by atoms with Gasteiger partial charge in [0.25, 0.3) is 0 Å². The third kappa shape index (κ3) is 3.43. The van der Waals surface area contributed by atoms with Gasteiger partial charge < -0.3 is 10.1 Å². The molecule has 2 rings (SSSR count). The second kappa shape index (κ2) is 6.01. The van der Waals surface area contributed by atoms with Crippen molar-refractivity contribution in [1.29, 1.82) is 0 Å². The van der Waals surface area contributed by atoms with Crippen LogP contribution in [0, 0.1) is 0 Å². The summed E-state index contributed by atoms with van der Waals surface area (Å²) in [6.45, 7) is 5.36. The van der Waals surface area contributed by atoms with Gasteiger partial charge in [0.15, 0.2) is 0 Å². The van der Waals surface area contributed by atoms with Gasteiger partial charge in [0.1, 0.15) is 6.10 Å². The van der Waals surface area contributed by atoms with Gasteiger partial charge in [-0.15, -0.1) is 0 Å². The summed E-state index contributed by atoms with van der Waals surface area (Å²) in [6, 6.07) is 4.75. The molecule has 94 valence electrons. The van der Waals surface area contributed by atoms with Crippen molar-refractivity contribution < 1.29 is 4.74 Å². The molecule has 1 aromatic heterocycles. The number of rotatable bonds is 6. The summed E-state index contributed by atoms with van der Waals surface area (Å²) in [7, 11) is 0. The number of nitrogens with zero attached hydrogens (tertiary/aromatic N) is 1. The van der Waals surface area contributed by atoms with Crippen molar-refractivity contribution in [3.8, 4) is 5.88 Å². The zero-order chi connectivity index (χ0) is 12.1. The first-order chi connectivity index (χ1) is 8.31. The number of pyridine rings is 1. The molecule has 1 heterocycles. The average Bonchev–Trinajstić information content (AvgIpc) is 2.29. The molecule has 0 unspecified atom stereocenters. The normalized spacial score (nSPS) is 23.2. The van der Waals surface area contributed by atoms with E-state index in [0.29, 0.717) is 12.1 Å². The Morgan fingerprint density at radius 2 is 2.18 bits per heavy atom. The minimum atomic E-state index is 0.351. The minimum Gasteiger partial charge on any atom is -0.474 e. The number of aryl methyl sites for hydroxylation is 1. The molecule has 1 fully saturated rings. The van der Waals surface area contributed by atoms with E-state index in [2.05, 4.69) is 30.2 Å². The maximum Gasteiger partial charge on any atom is 0.213 e.